The van der Waals surface area contributed by atoms with Gasteiger partial charge < -0.3 is 5.11 Å². The van der Waals surface area contributed by atoms with Crippen molar-refractivity contribution in [2.75, 3.05) is 12.3 Å². The van der Waals surface area contributed by atoms with Crippen LogP contribution >= 0.6 is 0 Å². The van der Waals surface area contributed by atoms with Crippen LogP contribution in [0.2, 0.25) is 0 Å². The van der Waals surface area contributed by atoms with Gasteiger partial charge in [-0.15, -0.1) is 0 Å². The van der Waals surface area contributed by atoms with Crippen LogP contribution in [0.3, 0.4) is 0 Å². The third-order valence-corrected chi connectivity index (χ3v) is 4.98. The van der Waals surface area contributed by atoms with Crippen molar-refractivity contribution in [3.8, 4) is 0 Å². The van der Waals surface area contributed by atoms with Gasteiger partial charge in [-0.25, -0.2) is 13.1 Å². The fourth-order valence-corrected chi connectivity index (χ4v) is 3.56. The summed E-state index contributed by atoms with van der Waals surface area (Å²) in [5, 5.41) is 9.34. The molecule has 2 aliphatic carbocycles. The predicted molar refractivity (Wildman–Crippen MR) is 62.5 cm³/mol. The lowest BCUT2D eigenvalue weighted by Crippen LogP contribution is -2.31. The lowest BCUT2D eigenvalue weighted by molar-refractivity contribution is 0.178. The molecule has 0 bridgehead atoms. The van der Waals surface area contributed by atoms with Gasteiger partial charge in [0.2, 0.25) is 10.0 Å². The Hall–Kier alpha value is -0.130. The SMILES string of the molecule is O=S(=O)(CCC1CC1)NCC1CCC(O)C1. The quantitative estimate of drug-likeness (QED) is 0.732. The van der Waals surface area contributed by atoms with Crippen LogP contribution < -0.4 is 4.72 Å². The Bertz CT molecular complexity index is 324. The third-order valence-electron chi connectivity index (χ3n) is 3.60. The molecule has 2 atom stereocenters. The number of hydrogen-bond donors (Lipinski definition) is 2. The zero-order chi connectivity index (χ0) is 11.6. The van der Waals surface area contributed by atoms with E-state index >= 15 is 0 Å². The maximum absolute atomic E-state index is 11.6. The molecule has 0 radical (unpaired) electrons. The van der Waals surface area contributed by atoms with E-state index in [0.29, 0.717) is 18.4 Å². The monoisotopic (exact) mass is 247 g/mol. The van der Waals surface area contributed by atoms with Crippen LogP contribution in [0.25, 0.3) is 0 Å². The number of aliphatic hydroxyl groups excluding tert-OH is 1. The van der Waals surface area contributed by atoms with Gasteiger partial charge in [-0.3, -0.25) is 0 Å². The Labute approximate surface area is 97.5 Å². The molecule has 5 heteroatoms. The number of aliphatic hydroxyl groups is 1. The van der Waals surface area contributed by atoms with E-state index in [4.69, 9.17) is 0 Å². The van der Waals surface area contributed by atoms with E-state index in [1.807, 2.05) is 0 Å². The van der Waals surface area contributed by atoms with Crippen molar-refractivity contribution < 1.29 is 13.5 Å². The van der Waals surface area contributed by atoms with Crippen LogP contribution in [0.1, 0.15) is 38.5 Å². The van der Waals surface area contributed by atoms with Crippen LogP contribution in [-0.2, 0) is 10.0 Å². The Morgan fingerprint density at radius 2 is 1.81 bits per heavy atom. The van der Waals surface area contributed by atoms with E-state index in [2.05, 4.69) is 4.72 Å². The molecule has 2 unspecified atom stereocenters. The first kappa shape index (κ1) is 12.3. The van der Waals surface area contributed by atoms with E-state index in [0.717, 1.165) is 25.7 Å². The first-order chi connectivity index (χ1) is 7.55. The molecule has 4 nitrogen and oxygen atoms in total. The van der Waals surface area contributed by atoms with Crippen molar-refractivity contribution in [1.82, 2.24) is 4.72 Å². The molecule has 2 saturated carbocycles. The van der Waals surface area contributed by atoms with Crippen molar-refractivity contribution in [2.24, 2.45) is 11.8 Å². The minimum Gasteiger partial charge on any atom is -0.393 e. The zero-order valence-corrected chi connectivity index (χ0v) is 10.4. The lowest BCUT2D eigenvalue weighted by Gasteiger charge is -2.11. The molecule has 0 aliphatic heterocycles. The number of hydrogen-bond acceptors (Lipinski definition) is 3. The molecule has 2 N–H and O–H groups in total. The van der Waals surface area contributed by atoms with Crippen molar-refractivity contribution >= 4 is 10.0 Å². The van der Waals surface area contributed by atoms with Gasteiger partial charge in [0.1, 0.15) is 0 Å². The van der Waals surface area contributed by atoms with Gasteiger partial charge in [-0.1, -0.05) is 12.8 Å². The second kappa shape index (κ2) is 5.02. The second-order valence-electron chi connectivity index (χ2n) is 5.23. The summed E-state index contributed by atoms with van der Waals surface area (Å²) < 4.78 is 25.9. The highest BCUT2D eigenvalue weighted by atomic mass is 32.2. The summed E-state index contributed by atoms with van der Waals surface area (Å²) in [6, 6.07) is 0. The summed E-state index contributed by atoms with van der Waals surface area (Å²) >= 11 is 0. The maximum atomic E-state index is 11.6. The van der Waals surface area contributed by atoms with E-state index in [1.54, 1.807) is 0 Å². The van der Waals surface area contributed by atoms with Gasteiger partial charge >= 0.3 is 0 Å². The molecule has 16 heavy (non-hydrogen) atoms. The normalized spacial score (nSPS) is 30.8. The van der Waals surface area contributed by atoms with Crippen LogP contribution in [-0.4, -0.2) is 31.9 Å². The average molecular weight is 247 g/mol. The van der Waals surface area contributed by atoms with Gasteiger partial charge in [-0.05, 0) is 37.5 Å². The fourth-order valence-electron chi connectivity index (χ4n) is 2.28. The highest BCUT2D eigenvalue weighted by Gasteiger charge is 2.26. The molecule has 0 aromatic carbocycles. The summed E-state index contributed by atoms with van der Waals surface area (Å²) in [5.41, 5.74) is 0. The van der Waals surface area contributed by atoms with Crippen molar-refractivity contribution in [2.45, 2.75) is 44.6 Å². The van der Waals surface area contributed by atoms with Crippen LogP contribution in [0, 0.1) is 11.8 Å². The van der Waals surface area contributed by atoms with Gasteiger partial charge in [0.15, 0.2) is 0 Å². The van der Waals surface area contributed by atoms with Gasteiger partial charge in [-0.2, -0.15) is 0 Å². The lowest BCUT2D eigenvalue weighted by atomic mass is 10.1. The first-order valence-corrected chi connectivity index (χ1v) is 7.86. The third kappa shape index (κ3) is 4.03. The van der Waals surface area contributed by atoms with E-state index in [-0.39, 0.29) is 11.9 Å². The van der Waals surface area contributed by atoms with Gasteiger partial charge in [0.25, 0.3) is 0 Å². The highest BCUT2D eigenvalue weighted by Crippen LogP contribution is 2.32. The molecule has 2 rings (SSSR count). The molecule has 0 aromatic rings. The summed E-state index contributed by atoms with van der Waals surface area (Å²) in [5.74, 6) is 1.25. The van der Waals surface area contributed by atoms with Crippen molar-refractivity contribution in [1.29, 1.82) is 0 Å². The van der Waals surface area contributed by atoms with E-state index < -0.39 is 10.0 Å². The van der Waals surface area contributed by atoms with E-state index in [9.17, 15) is 13.5 Å². The Morgan fingerprint density at radius 3 is 2.38 bits per heavy atom. The summed E-state index contributed by atoms with van der Waals surface area (Å²) in [4.78, 5) is 0. The molecule has 0 amide bonds. The topological polar surface area (TPSA) is 66.4 Å². The molecule has 0 heterocycles. The zero-order valence-electron chi connectivity index (χ0n) is 9.56. The van der Waals surface area contributed by atoms with Crippen molar-refractivity contribution in [3.05, 3.63) is 0 Å². The van der Waals surface area contributed by atoms with E-state index in [1.165, 1.54) is 12.8 Å². The minimum atomic E-state index is -3.07. The first-order valence-electron chi connectivity index (χ1n) is 6.20. The predicted octanol–water partition coefficient (Wildman–Crippen LogP) is 0.867. The van der Waals surface area contributed by atoms with Gasteiger partial charge in [0.05, 0.1) is 11.9 Å². The Morgan fingerprint density at radius 1 is 1.12 bits per heavy atom. The molecule has 94 valence electrons. The number of nitrogens with one attached hydrogen (secondary N) is 1. The summed E-state index contributed by atoms with van der Waals surface area (Å²) in [6.45, 7) is 0.504. The van der Waals surface area contributed by atoms with Crippen LogP contribution in [0.15, 0.2) is 0 Å². The second-order valence-corrected chi connectivity index (χ2v) is 7.16. The molecular formula is C11H21NO3S. The average Bonchev–Trinajstić information content (AvgIpc) is 2.96. The summed E-state index contributed by atoms with van der Waals surface area (Å²) in [6.07, 6.45) is 5.48. The Balaban J connectivity index is 1.66. The molecule has 2 aliphatic rings. The minimum absolute atomic E-state index is 0.221. The van der Waals surface area contributed by atoms with Crippen molar-refractivity contribution in [3.63, 3.8) is 0 Å². The smallest absolute Gasteiger partial charge is 0.211 e. The molecule has 0 saturated heterocycles. The van der Waals surface area contributed by atoms with Gasteiger partial charge in [0, 0.05) is 6.54 Å². The maximum Gasteiger partial charge on any atom is 0.211 e. The van der Waals surface area contributed by atoms with Crippen LogP contribution in [0.4, 0.5) is 0 Å². The highest BCUT2D eigenvalue weighted by molar-refractivity contribution is 7.89. The van der Waals surface area contributed by atoms with Crippen LogP contribution in [0.5, 0.6) is 0 Å². The number of sulfonamides is 1. The molecule has 0 spiro atoms. The molecular weight excluding hydrogens is 226 g/mol. The largest absolute Gasteiger partial charge is 0.393 e. The summed E-state index contributed by atoms with van der Waals surface area (Å²) in [7, 11) is -3.07. The standard InChI is InChI=1S/C11H21NO3S/c13-11-4-3-10(7-11)8-12-16(14,15)6-5-9-1-2-9/h9-13H,1-8H2. The fraction of sp³-hybridized carbons (Fsp3) is 1.00. The Kier molecular flexibility index (Phi) is 3.87. The molecule has 0 aromatic heterocycles. The molecule has 2 fully saturated rings. The number of rotatable bonds is 6.